The van der Waals surface area contributed by atoms with Gasteiger partial charge in [0, 0.05) is 0 Å². The average Bonchev–Trinajstić information content (AvgIpc) is 1.14. The Balaban J connectivity index is 0. The molecule has 10 heavy (non-hydrogen) atoms. The standard InChI is InChI=1S/C2AsF6.HI/c4-1(5,6)3-2(7,8)9;/h;1H. The summed E-state index contributed by atoms with van der Waals surface area (Å²) >= 11 is -3.52. The maximum atomic E-state index is 10.9. The molecule has 0 N–H and O–H groups in total. The van der Waals surface area contributed by atoms with Crippen molar-refractivity contribution in [2.24, 2.45) is 0 Å². The summed E-state index contributed by atoms with van der Waals surface area (Å²) in [4.78, 5) is -10.1. The van der Waals surface area contributed by atoms with Crippen molar-refractivity contribution in [1.82, 2.24) is 0 Å². The van der Waals surface area contributed by atoms with E-state index in [1.165, 1.54) is 0 Å². The van der Waals surface area contributed by atoms with Crippen LogP contribution in [0.1, 0.15) is 0 Å². The molecule has 0 bridgehead atoms. The molecule has 0 saturated heterocycles. The quantitative estimate of drug-likeness (QED) is 0.361. The molecule has 0 fully saturated rings. The van der Waals surface area contributed by atoms with Gasteiger partial charge in [-0.3, -0.25) is 0 Å². The van der Waals surface area contributed by atoms with Gasteiger partial charge in [-0.2, -0.15) is 0 Å². The number of alkyl halides is 6. The third-order valence-electron chi connectivity index (χ3n) is 0.254. The van der Waals surface area contributed by atoms with Crippen LogP contribution in [0.4, 0.5) is 26.3 Å². The summed E-state index contributed by atoms with van der Waals surface area (Å²) in [6.07, 6.45) is 0. The van der Waals surface area contributed by atoms with Gasteiger partial charge in [0.1, 0.15) is 0 Å². The van der Waals surface area contributed by atoms with Gasteiger partial charge >= 0.3 is 52.0 Å². The zero-order chi connectivity index (χ0) is 7.71. The molecule has 0 unspecified atom stereocenters. The summed E-state index contributed by atoms with van der Waals surface area (Å²) in [5.41, 5.74) is 0. The van der Waals surface area contributed by atoms with E-state index in [1.807, 2.05) is 0 Å². The van der Waals surface area contributed by atoms with E-state index in [0.29, 0.717) is 0 Å². The SMILES string of the molecule is FC(F)(F)[As]C(F)(F)F.I. The molecule has 1 radical (unpaired) electrons. The fourth-order valence-electron chi connectivity index (χ4n) is 0.144. The molecule has 0 rings (SSSR count). The molecule has 0 aliphatic rings. The molecule has 0 heterocycles. The van der Waals surface area contributed by atoms with Crippen LogP contribution in [-0.4, -0.2) is 25.7 Å². The molecule has 0 nitrogen and oxygen atoms in total. The second-order valence-corrected chi connectivity index (χ2v) is 3.64. The zero-order valence-electron chi connectivity index (χ0n) is 4.12. The topological polar surface area (TPSA) is 0 Å². The Morgan fingerprint density at radius 2 is 0.900 bits per heavy atom. The van der Waals surface area contributed by atoms with Crippen molar-refractivity contribution >= 4 is 39.7 Å². The third-order valence-corrected chi connectivity index (χ3v) is 1.32. The van der Waals surface area contributed by atoms with Crippen LogP contribution in [0.2, 0.25) is 0 Å². The third kappa shape index (κ3) is 11.6. The van der Waals surface area contributed by atoms with Gasteiger partial charge in [0.2, 0.25) is 0 Å². The Bertz CT molecular complexity index is 80.9. The van der Waals surface area contributed by atoms with Gasteiger partial charge in [0.05, 0.1) is 0 Å². The smallest absolute Gasteiger partial charge is 0.107 e. The van der Waals surface area contributed by atoms with Crippen LogP contribution in [-0.2, 0) is 0 Å². The van der Waals surface area contributed by atoms with E-state index in [2.05, 4.69) is 0 Å². The first-order chi connectivity index (χ1) is 3.71. The zero-order valence-corrected chi connectivity index (χ0v) is 8.33. The van der Waals surface area contributed by atoms with E-state index in [4.69, 9.17) is 0 Å². The summed E-state index contributed by atoms with van der Waals surface area (Å²) in [6, 6.07) is 0. The molecule has 0 aromatic rings. The van der Waals surface area contributed by atoms with Gasteiger partial charge in [-0.1, -0.05) is 0 Å². The number of hydrogen-bond acceptors (Lipinski definition) is 0. The molecule has 0 aliphatic carbocycles. The molecule has 0 aliphatic heterocycles. The molecule has 0 atom stereocenters. The summed E-state index contributed by atoms with van der Waals surface area (Å²) in [5.74, 6) is 0. The fourth-order valence-corrected chi connectivity index (χ4v) is 0.747. The summed E-state index contributed by atoms with van der Waals surface area (Å²) in [7, 11) is 0. The maximum absolute atomic E-state index is 10.9. The number of rotatable bonds is 0. The maximum Gasteiger partial charge on any atom is -0.107 e. The van der Waals surface area contributed by atoms with Gasteiger partial charge in [-0.05, 0) is 0 Å². The molecule has 63 valence electrons. The summed E-state index contributed by atoms with van der Waals surface area (Å²) < 4.78 is 65.2. The monoisotopic (exact) mass is 341 g/mol. The predicted molar refractivity (Wildman–Crippen MR) is 33.3 cm³/mol. The van der Waals surface area contributed by atoms with Crippen molar-refractivity contribution < 1.29 is 26.3 Å². The van der Waals surface area contributed by atoms with E-state index in [-0.39, 0.29) is 24.0 Å². The van der Waals surface area contributed by atoms with E-state index < -0.39 is 25.7 Å². The van der Waals surface area contributed by atoms with E-state index in [1.54, 1.807) is 0 Å². The van der Waals surface area contributed by atoms with Crippen molar-refractivity contribution in [3.8, 4) is 0 Å². The fraction of sp³-hybridized carbons (Fsp3) is 1.00. The Labute approximate surface area is 76.1 Å². The van der Waals surface area contributed by atoms with Gasteiger partial charge in [0.25, 0.3) is 0 Å². The summed E-state index contributed by atoms with van der Waals surface area (Å²) in [6.45, 7) is 0. The second-order valence-electron chi connectivity index (χ2n) is 1.05. The molecule has 0 aromatic heterocycles. The largest absolute Gasteiger partial charge is 0.107 e. The Morgan fingerprint density at radius 1 is 0.700 bits per heavy atom. The minimum absolute atomic E-state index is 0. The summed E-state index contributed by atoms with van der Waals surface area (Å²) in [5, 5.41) is 0. The molecule has 8 heteroatoms. The van der Waals surface area contributed by atoms with Crippen LogP contribution in [0.25, 0.3) is 0 Å². The second kappa shape index (κ2) is 4.04. The predicted octanol–water partition coefficient (Wildman–Crippen LogP) is 2.35. The van der Waals surface area contributed by atoms with Crippen molar-refractivity contribution in [1.29, 1.82) is 0 Å². The van der Waals surface area contributed by atoms with Crippen LogP contribution < -0.4 is 0 Å². The molecular weight excluding hydrogens is 340 g/mol. The van der Waals surface area contributed by atoms with Gasteiger partial charge in [-0.15, -0.1) is 24.0 Å². The van der Waals surface area contributed by atoms with Crippen molar-refractivity contribution in [3.05, 3.63) is 0 Å². The van der Waals surface area contributed by atoms with Crippen LogP contribution >= 0.6 is 24.0 Å². The van der Waals surface area contributed by atoms with Crippen molar-refractivity contribution in [2.45, 2.75) is 9.93 Å². The minimum atomic E-state index is -5.05. The number of hydrogen-bond donors (Lipinski definition) is 0. The average molecular weight is 341 g/mol. The Hall–Kier alpha value is 0.868. The van der Waals surface area contributed by atoms with Gasteiger partial charge in [0.15, 0.2) is 0 Å². The molecular formula is C2HAsF6I. The van der Waals surface area contributed by atoms with E-state index in [0.717, 1.165) is 0 Å². The molecule has 0 spiro atoms. The van der Waals surface area contributed by atoms with Crippen molar-refractivity contribution in [3.63, 3.8) is 0 Å². The molecule has 0 aromatic carbocycles. The van der Waals surface area contributed by atoms with Crippen LogP contribution in [0, 0.1) is 0 Å². The van der Waals surface area contributed by atoms with Gasteiger partial charge < -0.3 is 0 Å². The van der Waals surface area contributed by atoms with Gasteiger partial charge in [-0.25, -0.2) is 0 Å². The molecule has 0 saturated carbocycles. The minimum Gasteiger partial charge on any atom is -0.107 e. The first-order valence-corrected chi connectivity index (χ1v) is 3.46. The normalized spacial score (nSPS) is 12.6. The van der Waals surface area contributed by atoms with Crippen LogP contribution in [0.3, 0.4) is 0 Å². The van der Waals surface area contributed by atoms with Crippen LogP contribution in [0.5, 0.6) is 0 Å². The van der Waals surface area contributed by atoms with E-state index in [9.17, 15) is 26.3 Å². The van der Waals surface area contributed by atoms with E-state index >= 15 is 0 Å². The Morgan fingerprint density at radius 3 is 0.900 bits per heavy atom. The van der Waals surface area contributed by atoms with Crippen molar-refractivity contribution in [2.75, 3.05) is 0 Å². The molecule has 0 amide bonds. The Kier molecular flexibility index (Phi) is 5.43. The first kappa shape index (κ1) is 13.5. The first-order valence-electron chi connectivity index (χ1n) is 1.58. The number of halogens is 7. The van der Waals surface area contributed by atoms with Crippen LogP contribution in [0.15, 0.2) is 0 Å².